The summed E-state index contributed by atoms with van der Waals surface area (Å²) in [5.41, 5.74) is 4.63. The molecule has 6 heteroatoms. The maximum absolute atomic E-state index is 5.90. The van der Waals surface area contributed by atoms with Crippen LogP contribution in [0.2, 0.25) is 5.28 Å². The van der Waals surface area contributed by atoms with Crippen LogP contribution in [0.4, 0.5) is 11.5 Å². The molecule has 0 saturated heterocycles. The highest BCUT2D eigenvalue weighted by Crippen LogP contribution is 2.25. The van der Waals surface area contributed by atoms with Crippen molar-refractivity contribution in [2.75, 3.05) is 5.32 Å². The predicted octanol–water partition coefficient (Wildman–Crippen LogP) is 3.37. The van der Waals surface area contributed by atoms with Gasteiger partial charge in [-0.1, -0.05) is 17.7 Å². The zero-order valence-corrected chi connectivity index (χ0v) is 11.3. The average molecular weight is 274 g/mol. The molecule has 19 heavy (non-hydrogen) atoms. The van der Waals surface area contributed by atoms with Crippen LogP contribution in [-0.2, 0) is 0 Å². The molecule has 96 valence electrons. The van der Waals surface area contributed by atoms with Gasteiger partial charge in [-0.2, -0.15) is 9.97 Å². The monoisotopic (exact) mass is 273 g/mol. The van der Waals surface area contributed by atoms with Crippen molar-refractivity contribution in [1.82, 2.24) is 19.9 Å². The van der Waals surface area contributed by atoms with Crippen LogP contribution < -0.4 is 5.32 Å². The van der Waals surface area contributed by atoms with E-state index in [1.165, 1.54) is 5.56 Å². The van der Waals surface area contributed by atoms with Gasteiger partial charge in [-0.05, 0) is 37.1 Å². The van der Waals surface area contributed by atoms with E-state index in [4.69, 9.17) is 11.6 Å². The van der Waals surface area contributed by atoms with Crippen LogP contribution in [0.3, 0.4) is 0 Å². The largest absolute Gasteiger partial charge is 0.340 e. The summed E-state index contributed by atoms with van der Waals surface area (Å²) in [7, 11) is 0. The number of imidazole rings is 1. The lowest BCUT2D eigenvalue weighted by atomic mass is 10.1. The van der Waals surface area contributed by atoms with Gasteiger partial charge in [0.2, 0.25) is 5.28 Å². The minimum absolute atomic E-state index is 0.173. The van der Waals surface area contributed by atoms with E-state index in [1.54, 1.807) is 6.33 Å². The van der Waals surface area contributed by atoms with Gasteiger partial charge in [-0.15, -0.1) is 0 Å². The van der Waals surface area contributed by atoms with Crippen molar-refractivity contribution in [3.63, 3.8) is 0 Å². The summed E-state index contributed by atoms with van der Waals surface area (Å²) in [4.78, 5) is 15.3. The smallest absolute Gasteiger partial charge is 0.226 e. The maximum atomic E-state index is 5.90. The van der Waals surface area contributed by atoms with Crippen molar-refractivity contribution in [3.8, 4) is 0 Å². The molecule has 0 bridgehead atoms. The second-order valence-corrected chi connectivity index (χ2v) is 4.72. The highest BCUT2D eigenvalue weighted by Gasteiger charge is 2.10. The predicted molar refractivity (Wildman–Crippen MR) is 75.9 cm³/mol. The fourth-order valence-electron chi connectivity index (χ4n) is 1.98. The molecule has 3 aromatic rings. The summed E-state index contributed by atoms with van der Waals surface area (Å²) in [6.45, 7) is 4.10. The molecule has 0 aliphatic rings. The van der Waals surface area contributed by atoms with Crippen LogP contribution in [-0.4, -0.2) is 19.9 Å². The van der Waals surface area contributed by atoms with E-state index >= 15 is 0 Å². The van der Waals surface area contributed by atoms with Crippen molar-refractivity contribution < 1.29 is 0 Å². The standard InChI is InChI=1S/C13H12ClN5/c1-7-3-4-9(8(2)5-7)17-12-10-11(16-6-15-10)18-13(14)19-12/h3-6H,1-2H3,(H2,15,16,17,18,19). The first-order valence-corrected chi connectivity index (χ1v) is 6.22. The van der Waals surface area contributed by atoms with Crippen molar-refractivity contribution >= 4 is 34.3 Å². The number of halogens is 1. The SMILES string of the molecule is Cc1ccc(Nc2nc(Cl)nc3nc[nH]c23)c(C)c1. The third kappa shape index (κ3) is 2.24. The number of fused-ring (bicyclic) bond motifs is 1. The molecule has 0 saturated carbocycles. The number of aromatic amines is 1. The van der Waals surface area contributed by atoms with Gasteiger partial charge < -0.3 is 10.3 Å². The van der Waals surface area contributed by atoms with E-state index in [2.05, 4.69) is 38.2 Å². The number of nitrogens with zero attached hydrogens (tertiary/aromatic N) is 3. The van der Waals surface area contributed by atoms with Gasteiger partial charge in [0.15, 0.2) is 11.5 Å². The molecule has 0 spiro atoms. The zero-order chi connectivity index (χ0) is 13.4. The molecular weight excluding hydrogens is 262 g/mol. The van der Waals surface area contributed by atoms with Crippen molar-refractivity contribution in [3.05, 3.63) is 40.9 Å². The number of benzene rings is 1. The summed E-state index contributed by atoms with van der Waals surface area (Å²) in [6.07, 6.45) is 1.57. The van der Waals surface area contributed by atoms with E-state index in [0.29, 0.717) is 11.5 Å². The topological polar surface area (TPSA) is 66.5 Å². The molecule has 0 aliphatic heterocycles. The zero-order valence-electron chi connectivity index (χ0n) is 10.5. The molecule has 0 radical (unpaired) electrons. The molecule has 2 N–H and O–H groups in total. The summed E-state index contributed by atoms with van der Waals surface area (Å²) in [6, 6.07) is 6.17. The van der Waals surface area contributed by atoms with Gasteiger partial charge in [-0.25, -0.2) is 4.98 Å². The Bertz CT molecular complexity index is 750. The molecule has 5 nitrogen and oxygen atoms in total. The Labute approximate surface area is 115 Å². The lowest BCUT2D eigenvalue weighted by Crippen LogP contribution is -1.99. The highest BCUT2D eigenvalue weighted by atomic mass is 35.5. The molecule has 1 aromatic carbocycles. The van der Waals surface area contributed by atoms with E-state index in [-0.39, 0.29) is 5.28 Å². The third-order valence-electron chi connectivity index (χ3n) is 2.89. The Morgan fingerprint density at radius 2 is 2.05 bits per heavy atom. The second-order valence-electron chi connectivity index (χ2n) is 4.39. The number of aromatic nitrogens is 4. The first-order valence-electron chi connectivity index (χ1n) is 5.84. The van der Waals surface area contributed by atoms with E-state index in [9.17, 15) is 0 Å². The summed E-state index contributed by atoms with van der Waals surface area (Å²) in [5, 5.41) is 3.44. The van der Waals surface area contributed by atoms with Crippen LogP contribution in [0.1, 0.15) is 11.1 Å². The van der Waals surface area contributed by atoms with Crippen molar-refractivity contribution in [2.24, 2.45) is 0 Å². The van der Waals surface area contributed by atoms with Gasteiger partial charge in [-0.3, -0.25) is 0 Å². The lowest BCUT2D eigenvalue weighted by Gasteiger charge is -2.10. The second kappa shape index (κ2) is 4.51. The van der Waals surface area contributed by atoms with Crippen LogP contribution in [0.25, 0.3) is 11.2 Å². The fourth-order valence-corrected chi connectivity index (χ4v) is 2.14. The number of nitrogens with one attached hydrogen (secondary N) is 2. The molecule has 0 amide bonds. The average Bonchev–Trinajstić information content (AvgIpc) is 2.80. The molecular formula is C13H12ClN5. The van der Waals surface area contributed by atoms with Gasteiger partial charge in [0.05, 0.1) is 6.33 Å². The first-order chi connectivity index (χ1) is 9.13. The minimum Gasteiger partial charge on any atom is -0.340 e. The number of anilines is 2. The van der Waals surface area contributed by atoms with Crippen LogP contribution >= 0.6 is 11.6 Å². The van der Waals surface area contributed by atoms with Crippen molar-refractivity contribution in [1.29, 1.82) is 0 Å². The number of H-pyrrole nitrogens is 1. The number of aryl methyl sites for hydroxylation is 2. The maximum Gasteiger partial charge on any atom is 0.226 e. The summed E-state index contributed by atoms with van der Waals surface area (Å²) >= 11 is 5.90. The van der Waals surface area contributed by atoms with Gasteiger partial charge in [0.25, 0.3) is 0 Å². The molecule has 2 aromatic heterocycles. The Morgan fingerprint density at radius 3 is 2.84 bits per heavy atom. The van der Waals surface area contributed by atoms with E-state index < -0.39 is 0 Å². The molecule has 2 heterocycles. The first kappa shape index (κ1) is 11.9. The Kier molecular flexibility index (Phi) is 2.83. The van der Waals surface area contributed by atoms with Crippen LogP contribution in [0.15, 0.2) is 24.5 Å². The Hall–Kier alpha value is -2.14. The Morgan fingerprint density at radius 1 is 1.21 bits per heavy atom. The highest BCUT2D eigenvalue weighted by molar-refractivity contribution is 6.28. The molecule has 0 unspecified atom stereocenters. The van der Waals surface area contributed by atoms with Crippen LogP contribution in [0.5, 0.6) is 0 Å². The molecule has 0 atom stereocenters. The molecule has 0 fully saturated rings. The summed E-state index contributed by atoms with van der Waals surface area (Å²) < 4.78 is 0. The minimum atomic E-state index is 0.173. The quantitative estimate of drug-likeness (QED) is 0.703. The van der Waals surface area contributed by atoms with Gasteiger partial charge in [0, 0.05) is 5.69 Å². The number of rotatable bonds is 2. The normalized spacial score (nSPS) is 10.9. The number of hydrogen-bond donors (Lipinski definition) is 2. The van der Waals surface area contributed by atoms with Gasteiger partial charge >= 0.3 is 0 Å². The molecule has 3 rings (SSSR count). The lowest BCUT2D eigenvalue weighted by molar-refractivity contribution is 1.19. The molecule has 0 aliphatic carbocycles. The van der Waals surface area contributed by atoms with Gasteiger partial charge in [0.1, 0.15) is 5.52 Å². The number of hydrogen-bond acceptors (Lipinski definition) is 4. The third-order valence-corrected chi connectivity index (χ3v) is 3.06. The Balaban J connectivity index is 2.07. The van der Waals surface area contributed by atoms with Crippen molar-refractivity contribution in [2.45, 2.75) is 13.8 Å². The van der Waals surface area contributed by atoms with E-state index in [0.717, 1.165) is 16.8 Å². The fraction of sp³-hybridized carbons (Fsp3) is 0.154. The van der Waals surface area contributed by atoms with Crippen LogP contribution in [0, 0.1) is 13.8 Å². The van der Waals surface area contributed by atoms with E-state index in [1.807, 2.05) is 19.1 Å². The summed E-state index contributed by atoms with van der Waals surface area (Å²) in [5.74, 6) is 0.624.